The van der Waals surface area contributed by atoms with Gasteiger partial charge in [0.05, 0.1) is 10.9 Å². The number of nitrogens with zero attached hydrogens (tertiary/aromatic N) is 2. The third kappa shape index (κ3) is 6.98. The van der Waals surface area contributed by atoms with Crippen molar-refractivity contribution in [2.24, 2.45) is 0 Å². The van der Waals surface area contributed by atoms with Gasteiger partial charge in [-0.3, -0.25) is 0 Å². The lowest BCUT2D eigenvalue weighted by molar-refractivity contribution is -0.0696. The number of alkyl halides is 3. The molecule has 0 bridgehead atoms. The summed E-state index contributed by atoms with van der Waals surface area (Å²) in [6.07, 6.45) is 3.82. The molecule has 0 aliphatic carbocycles. The lowest BCUT2D eigenvalue weighted by Gasteiger charge is -2.10. The molecule has 1 heterocycles. The first kappa shape index (κ1) is 28.6. The summed E-state index contributed by atoms with van der Waals surface area (Å²) >= 11 is 0. The Balaban J connectivity index is 1.58. The number of hydrogen-bond donors (Lipinski definition) is 0. The molecule has 4 aromatic rings. The Morgan fingerprint density at radius 2 is 1.52 bits per heavy atom. The molecule has 0 unspecified atom stereocenters. The molecule has 0 spiro atoms. The third-order valence-electron chi connectivity index (χ3n) is 6.03. The fraction of sp³-hybridized carbons (Fsp3) is 0.226. The van der Waals surface area contributed by atoms with E-state index < -0.39 is 40.4 Å². The van der Waals surface area contributed by atoms with Crippen molar-refractivity contribution in [1.29, 1.82) is 0 Å². The highest BCUT2D eigenvalue weighted by Gasteiger charge is 2.24. The molecule has 0 saturated heterocycles. The monoisotopic (exact) mass is 554 g/mol. The standard InChI is InChI=1S/C31H21F7N2/c1-2-3-4-5-6-20-17-39-28(40-18-20)10-8-19-7-9-23(25(32)13-19)21-14-22-16-26(33)24(11-12-31(36,37)38)30(35)29(22)27(34)15-21/h7,9,13-18H,2-6H2,1H3. The first-order valence-electron chi connectivity index (χ1n) is 12.4. The molecule has 4 rings (SSSR count). The highest BCUT2D eigenvalue weighted by atomic mass is 19.4. The predicted octanol–water partition coefficient (Wildman–Crippen LogP) is 8.29. The van der Waals surface area contributed by atoms with E-state index in [0.29, 0.717) is 11.6 Å². The van der Waals surface area contributed by atoms with Crippen molar-refractivity contribution in [3.8, 4) is 34.8 Å². The molecule has 0 radical (unpaired) electrons. The molecule has 0 amide bonds. The molecule has 2 nitrogen and oxygen atoms in total. The van der Waals surface area contributed by atoms with E-state index in [1.165, 1.54) is 24.5 Å². The summed E-state index contributed by atoms with van der Waals surface area (Å²) in [5.41, 5.74) is -0.0228. The molecule has 0 saturated carbocycles. The van der Waals surface area contributed by atoms with Gasteiger partial charge in [-0.15, -0.1) is 0 Å². The van der Waals surface area contributed by atoms with Gasteiger partial charge in [-0.25, -0.2) is 27.5 Å². The van der Waals surface area contributed by atoms with Crippen LogP contribution in [0.5, 0.6) is 0 Å². The van der Waals surface area contributed by atoms with Crippen molar-refractivity contribution in [3.63, 3.8) is 0 Å². The number of fused-ring (bicyclic) bond motifs is 1. The smallest absolute Gasteiger partial charge is 0.229 e. The molecule has 1 aromatic heterocycles. The number of rotatable bonds is 6. The molecular formula is C31H21F7N2. The fourth-order valence-corrected chi connectivity index (χ4v) is 4.07. The molecule has 9 heteroatoms. The minimum atomic E-state index is -4.99. The van der Waals surface area contributed by atoms with E-state index in [1.54, 1.807) is 12.4 Å². The predicted molar refractivity (Wildman–Crippen MR) is 138 cm³/mol. The summed E-state index contributed by atoms with van der Waals surface area (Å²) < 4.78 is 96.0. The Morgan fingerprint density at radius 3 is 2.20 bits per heavy atom. The van der Waals surface area contributed by atoms with Crippen LogP contribution in [0.1, 0.15) is 55.1 Å². The quantitative estimate of drug-likeness (QED) is 0.136. The van der Waals surface area contributed by atoms with Crippen LogP contribution in [-0.2, 0) is 6.42 Å². The second kappa shape index (κ2) is 12.2. The van der Waals surface area contributed by atoms with Crippen molar-refractivity contribution in [3.05, 3.63) is 94.6 Å². The molecule has 0 atom stereocenters. The molecule has 3 aromatic carbocycles. The zero-order valence-electron chi connectivity index (χ0n) is 21.2. The van der Waals surface area contributed by atoms with Crippen LogP contribution < -0.4 is 0 Å². The van der Waals surface area contributed by atoms with E-state index in [2.05, 4.69) is 28.7 Å². The Morgan fingerprint density at radius 1 is 0.775 bits per heavy atom. The maximum absolute atomic E-state index is 15.0. The van der Waals surface area contributed by atoms with E-state index in [9.17, 15) is 30.7 Å². The normalized spacial score (nSPS) is 11.1. The first-order chi connectivity index (χ1) is 19.1. The van der Waals surface area contributed by atoms with Crippen molar-refractivity contribution in [2.75, 3.05) is 0 Å². The Kier molecular flexibility index (Phi) is 8.74. The topological polar surface area (TPSA) is 25.8 Å². The van der Waals surface area contributed by atoms with E-state index in [-0.39, 0.29) is 22.3 Å². The maximum Gasteiger partial charge on any atom is 0.458 e. The van der Waals surface area contributed by atoms with E-state index >= 15 is 0 Å². The SMILES string of the molecule is CCCCCCc1cnc(C#Cc2ccc(-c3cc(F)c4c(F)c(C#CC(F)(F)F)c(F)cc4c3)c(F)c2)nc1. The number of unbranched alkanes of at least 4 members (excludes halogenated alkanes) is 3. The largest absolute Gasteiger partial charge is 0.458 e. The van der Waals surface area contributed by atoms with Crippen LogP contribution >= 0.6 is 0 Å². The summed E-state index contributed by atoms with van der Waals surface area (Å²) in [6.45, 7) is 2.14. The summed E-state index contributed by atoms with van der Waals surface area (Å²) in [5.74, 6) is 2.95. The van der Waals surface area contributed by atoms with Crippen molar-refractivity contribution in [2.45, 2.75) is 45.2 Å². The number of hydrogen-bond acceptors (Lipinski definition) is 2. The number of aromatic nitrogens is 2. The first-order valence-corrected chi connectivity index (χ1v) is 12.4. The lowest BCUT2D eigenvalue weighted by Crippen LogP contribution is -2.03. The summed E-state index contributed by atoms with van der Waals surface area (Å²) in [6, 6.07) is 6.52. The van der Waals surface area contributed by atoms with Gasteiger partial charge in [0.2, 0.25) is 5.82 Å². The van der Waals surface area contributed by atoms with E-state index in [0.717, 1.165) is 55.4 Å². The second-order valence-electron chi connectivity index (χ2n) is 9.02. The summed E-state index contributed by atoms with van der Waals surface area (Å²) in [4.78, 5) is 8.43. The molecule has 40 heavy (non-hydrogen) atoms. The number of halogens is 7. The summed E-state index contributed by atoms with van der Waals surface area (Å²) in [5, 5.41) is -1.07. The van der Waals surface area contributed by atoms with Gasteiger partial charge in [-0.2, -0.15) is 13.2 Å². The van der Waals surface area contributed by atoms with Gasteiger partial charge in [0.25, 0.3) is 0 Å². The van der Waals surface area contributed by atoms with Crippen molar-refractivity contribution in [1.82, 2.24) is 9.97 Å². The van der Waals surface area contributed by atoms with E-state index in [1.807, 2.05) is 0 Å². The Bertz CT molecular complexity index is 1670. The Labute approximate surface area is 226 Å². The van der Waals surface area contributed by atoms with Gasteiger partial charge in [0.1, 0.15) is 17.5 Å². The maximum atomic E-state index is 15.0. The van der Waals surface area contributed by atoms with Gasteiger partial charge in [-0.1, -0.05) is 44.1 Å². The minimum Gasteiger partial charge on any atom is -0.229 e. The van der Waals surface area contributed by atoms with Crippen LogP contribution in [0.4, 0.5) is 30.7 Å². The third-order valence-corrected chi connectivity index (χ3v) is 6.03. The van der Waals surface area contributed by atoms with Gasteiger partial charge in [0.15, 0.2) is 5.82 Å². The molecule has 0 aliphatic rings. The Hall–Kier alpha value is -4.37. The van der Waals surface area contributed by atoms with Gasteiger partial charge in [-0.05, 0) is 65.6 Å². The molecule has 204 valence electrons. The van der Waals surface area contributed by atoms with Crippen LogP contribution in [0.15, 0.2) is 48.8 Å². The zero-order valence-corrected chi connectivity index (χ0v) is 21.2. The summed E-state index contributed by atoms with van der Waals surface area (Å²) in [7, 11) is 0. The highest BCUT2D eigenvalue weighted by Crippen LogP contribution is 2.32. The average molecular weight is 555 g/mol. The average Bonchev–Trinajstić information content (AvgIpc) is 2.89. The van der Waals surface area contributed by atoms with Crippen LogP contribution in [-0.4, -0.2) is 16.1 Å². The van der Waals surface area contributed by atoms with Gasteiger partial charge in [0, 0.05) is 29.4 Å². The molecule has 0 aliphatic heterocycles. The van der Waals surface area contributed by atoms with Gasteiger partial charge < -0.3 is 0 Å². The van der Waals surface area contributed by atoms with Crippen LogP contribution in [0.25, 0.3) is 21.9 Å². The van der Waals surface area contributed by atoms with E-state index in [4.69, 9.17) is 0 Å². The van der Waals surface area contributed by atoms with Crippen LogP contribution in [0, 0.1) is 47.0 Å². The van der Waals surface area contributed by atoms with Crippen LogP contribution in [0.3, 0.4) is 0 Å². The fourth-order valence-electron chi connectivity index (χ4n) is 4.07. The lowest BCUT2D eigenvalue weighted by atomic mass is 9.97. The molecular weight excluding hydrogens is 533 g/mol. The molecule has 0 N–H and O–H groups in total. The highest BCUT2D eigenvalue weighted by molar-refractivity contribution is 5.90. The van der Waals surface area contributed by atoms with Crippen LogP contribution in [0.2, 0.25) is 0 Å². The van der Waals surface area contributed by atoms with Crippen molar-refractivity contribution < 1.29 is 30.7 Å². The number of aryl methyl sites for hydroxylation is 1. The minimum absolute atomic E-state index is 0.0345. The van der Waals surface area contributed by atoms with Gasteiger partial charge >= 0.3 is 6.18 Å². The van der Waals surface area contributed by atoms with Crippen molar-refractivity contribution >= 4 is 10.8 Å². The molecule has 0 fully saturated rings. The number of benzene rings is 3. The zero-order chi connectivity index (χ0) is 28.9. The second-order valence-corrected chi connectivity index (χ2v) is 9.02.